The van der Waals surface area contributed by atoms with Gasteiger partial charge >= 0.3 is 0 Å². The van der Waals surface area contributed by atoms with E-state index in [1.165, 1.54) is 29.4 Å². The molecule has 3 aliphatic rings. The number of piperidine rings is 1. The minimum absolute atomic E-state index is 0.0712. The van der Waals surface area contributed by atoms with E-state index < -0.39 is 11.7 Å². The number of carbonyl (C=O) groups is 2. The maximum atomic E-state index is 14.1. The lowest BCUT2D eigenvalue weighted by Crippen LogP contribution is -2.47. The molecule has 2 fully saturated rings. The Hall–Kier alpha value is -3.03. The molecule has 0 radical (unpaired) electrons. The van der Waals surface area contributed by atoms with E-state index in [1.807, 2.05) is 0 Å². The number of anilines is 2. The predicted octanol–water partition coefficient (Wildman–Crippen LogP) is 2.63. The molecule has 1 atom stereocenters. The number of carbonyl (C=O) groups excluding carboxylic acids is 2. The number of hydrogen-bond donors (Lipinski definition) is 1. The third kappa shape index (κ3) is 4.18. The molecule has 0 saturated carbocycles. The number of benzene rings is 1. The van der Waals surface area contributed by atoms with E-state index in [9.17, 15) is 14.0 Å². The van der Waals surface area contributed by atoms with Crippen molar-refractivity contribution in [1.29, 1.82) is 0 Å². The Morgan fingerprint density at radius 3 is 2.69 bits per heavy atom. The number of rotatable bonds is 4. The van der Waals surface area contributed by atoms with Gasteiger partial charge in [-0.15, -0.1) is 5.10 Å². The number of halogens is 1. The molecule has 8 heteroatoms. The van der Waals surface area contributed by atoms with Crippen LogP contribution in [0.2, 0.25) is 0 Å². The number of amides is 2. The van der Waals surface area contributed by atoms with Crippen LogP contribution >= 0.6 is 0 Å². The van der Waals surface area contributed by atoms with Crippen molar-refractivity contribution in [3.63, 3.8) is 0 Å². The van der Waals surface area contributed by atoms with Crippen molar-refractivity contribution in [3.8, 4) is 0 Å². The van der Waals surface area contributed by atoms with Gasteiger partial charge in [-0.25, -0.2) is 4.39 Å². The first-order chi connectivity index (χ1) is 15.6. The second kappa shape index (κ2) is 8.84. The van der Waals surface area contributed by atoms with Crippen LogP contribution in [0.15, 0.2) is 30.3 Å². The van der Waals surface area contributed by atoms with Gasteiger partial charge in [0.15, 0.2) is 5.82 Å². The lowest BCUT2D eigenvalue weighted by molar-refractivity contribution is -0.127. The summed E-state index contributed by atoms with van der Waals surface area (Å²) >= 11 is 0. The largest absolute Gasteiger partial charge is 0.355 e. The van der Waals surface area contributed by atoms with Crippen LogP contribution in [0.25, 0.3) is 0 Å². The van der Waals surface area contributed by atoms with Crippen LogP contribution in [0.4, 0.5) is 15.9 Å². The normalized spacial score (nSPS) is 21.5. The molecule has 1 aromatic carbocycles. The molecular weight excluding hydrogens is 409 g/mol. The monoisotopic (exact) mass is 437 g/mol. The summed E-state index contributed by atoms with van der Waals surface area (Å²) in [6, 6.07) is 8.44. The van der Waals surface area contributed by atoms with Gasteiger partial charge in [-0.05, 0) is 62.3 Å². The van der Waals surface area contributed by atoms with Crippen molar-refractivity contribution >= 4 is 23.3 Å². The van der Waals surface area contributed by atoms with E-state index in [4.69, 9.17) is 0 Å². The van der Waals surface area contributed by atoms with Gasteiger partial charge in [-0.1, -0.05) is 12.1 Å². The average Bonchev–Trinajstić information content (AvgIpc) is 3.21. The lowest BCUT2D eigenvalue weighted by Gasteiger charge is -2.33. The maximum absolute atomic E-state index is 14.1. The molecule has 0 bridgehead atoms. The molecule has 0 spiro atoms. The molecule has 1 aromatic heterocycles. The number of para-hydroxylation sites is 1. The lowest BCUT2D eigenvalue weighted by atomic mass is 9.96. The molecule has 168 valence electrons. The molecular formula is C24H28FN5O2. The highest BCUT2D eigenvalue weighted by Gasteiger charge is 2.37. The molecule has 2 aliphatic heterocycles. The van der Waals surface area contributed by atoms with E-state index in [0.29, 0.717) is 0 Å². The highest BCUT2D eigenvalue weighted by molar-refractivity contribution is 6.00. The molecule has 5 rings (SSSR count). The summed E-state index contributed by atoms with van der Waals surface area (Å²) in [5.41, 5.74) is 2.70. The zero-order valence-corrected chi connectivity index (χ0v) is 18.1. The maximum Gasteiger partial charge on any atom is 0.227 e. The van der Waals surface area contributed by atoms with Gasteiger partial charge in [0.05, 0.1) is 17.3 Å². The molecule has 7 nitrogen and oxygen atoms in total. The van der Waals surface area contributed by atoms with Crippen LogP contribution in [-0.4, -0.2) is 47.7 Å². The molecule has 2 aromatic rings. The van der Waals surface area contributed by atoms with Crippen LogP contribution in [0.1, 0.15) is 43.4 Å². The van der Waals surface area contributed by atoms with Crippen molar-refractivity contribution in [3.05, 3.63) is 47.4 Å². The Morgan fingerprint density at radius 1 is 1.09 bits per heavy atom. The second-order valence-electron chi connectivity index (χ2n) is 9.01. The smallest absolute Gasteiger partial charge is 0.227 e. The Balaban J connectivity index is 1.15. The van der Waals surface area contributed by atoms with Crippen LogP contribution in [0.3, 0.4) is 0 Å². The number of nitrogens with zero attached hydrogens (tertiary/aromatic N) is 4. The van der Waals surface area contributed by atoms with Gasteiger partial charge in [0, 0.05) is 32.1 Å². The summed E-state index contributed by atoms with van der Waals surface area (Å²) < 4.78 is 14.1. The SMILES string of the molecule is O=C(NC1CCN(c2cc3c(nn2)CCCC3)CC1)C1CC(=O)N(c2ccccc2F)C1. The number of aryl methyl sites for hydroxylation is 2. The standard InChI is InChI=1S/C24H28FN5O2/c25-19-6-2-4-8-21(19)30-15-17(14-23(30)31)24(32)26-18-9-11-29(12-10-18)22-13-16-5-1-3-7-20(16)27-28-22/h2,4,6,8,13,17-18H,1,3,5,7,9-12,14-15H2,(H,26,32). The fourth-order valence-corrected chi connectivity index (χ4v) is 4.99. The Bertz CT molecular complexity index is 1020. The summed E-state index contributed by atoms with van der Waals surface area (Å²) in [4.78, 5) is 28.8. The van der Waals surface area contributed by atoms with E-state index in [2.05, 4.69) is 26.5 Å². The van der Waals surface area contributed by atoms with Gasteiger partial charge in [0.2, 0.25) is 11.8 Å². The highest BCUT2D eigenvalue weighted by Crippen LogP contribution is 2.28. The first-order valence-electron chi connectivity index (χ1n) is 11.5. The summed E-state index contributed by atoms with van der Waals surface area (Å²) in [6.45, 7) is 1.84. The van der Waals surface area contributed by atoms with Gasteiger partial charge in [-0.3, -0.25) is 9.59 Å². The van der Waals surface area contributed by atoms with Gasteiger partial charge in [-0.2, -0.15) is 5.10 Å². The summed E-state index contributed by atoms with van der Waals surface area (Å²) in [5, 5.41) is 12.0. The fraction of sp³-hybridized carbons (Fsp3) is 0.500. The van der Waals surface area contributed by atoms with Crippen molar-refractivity contribution in [2.75, 3.05) is 29.4 Å². The van der Waals surface area contributed by atoms with Crippen molar-refractivity contribution in [2.45, 2.75) is 51.0 Å². The summed E-state index contributed by atoms with van der Waals surface area (Å²) in [5.74, 6) is -0.302. The molecule has 2 saturated heterocycles. The van der Waals surface area contributed by atoms with Gasteiger partial charge in [0.1, 0.15) is 5.82 Å². The van der Waals surface area contributed by atoms with E-state index >= 15 is 0 Å². The first kappa shape index (κ1) is 20.8. The van der Waals surface area contributed by atoms with Crippen LogP contribution < -0.4 is 15.1 Å². The zero-order valence-electron chi connectivity index (χ0n) is 18.1. The topological polar surface area (TPSA) is 78.4 Å². The Morgan fingerprint density at radius 2 is 1.88 bits per heavy atom. The molecule has 3 heterocycles. The fourth-order valence-electron chi connectivity index (χ4n) is 4.99. The van der Waals surface area contributed by atoms with E-state index in [-0.39, 0.29) is 36.5 Å². The molecule has 1 N–H and O–H groups in total. The Labute approximate surface area is 187 Å². The average molecular weight is 438 g/mol. The summed E-state index contributed by atoms with van der Waals surface area (Å²) in [7, 11) is 0. The molecule has 32 heavy (non-hydrogen) atoms. The van der Waals surface area contributed by atoms with Crippen LogP contribution in [0.5, 0.6) is 0 Å². The van der Waals surface area contributed by atoms with Gasteiger partial charge in [0.25, 0.3) is 0 Å². The van der Waals surface area contributed by atoms with Crippen LogP contribution in [-0.2, 0) is 22.4 Å². The molecule has 1 aliphatic carbocycles. The van der Waals surface area contributed by atoms with E-state index in [0.717, 1.165) is 50.3 Å². The van der Waals surface area contributed by atoms with Crippen LogP contribution in [0, 0.1) is 11.7 Å². The first-order valence-corrected chi connectivity index (χ1v) is 11.5. The second-order valence-corrected chi connectivity index (χ2v) is 9.01. The number of aromatic nitrogens is 2. The highest BCUT2D eigenvalue weighted by atomic mass is 19.1. The zero-order chi connectivity index (χ0) is 22.1. The van der Waals surface area contributed by atoms with E-state index in [1.54, 1.807) is 18.2 Å². The van der Waals surface area contributed by atoms with Crippen molar-refractivity contribution in [1.82, 2.24) is 15.5 Å². The number of nitrogens with one attached hydrogen (secondary N) is 1. The number of hydrogen-bond acceptors (Lipinski definition) is 5. The third-order valence-corrected chi connectivity index (χ3v) is 6.86. The minimum atomic E-state index is -0.452. The summed E-state index contributed by atoms with van der Waals surface area (Å²) in [6.07, 6.45) is 6.26. The van der Waals surface area contributed by atoms with Crippen molar-refractivity contribution < 1.29 is 14.0 Å². The van der Waals surface area contributed by atoms with Crippen molar-refractivity contribution in [2.24, 2.45) is 5.92 Å². The Kier molecular flexibility index (Phi) is 5.76. The van der Waals surface area contributed by atoms with Gasteiger partial charge < -0.3 is 15.1 Å². The third-order valence-electron chi connectivity index (χ3n) is 6.86. The molecule has 2 amide bonds. The number of fused-ring (bicyclic) bond motifs is 1. The predicted molar refractivity (Wildman–Crippen MR) is 119 cm³/mol. The molecule has 1 unspecified atom stereocenters. The minimum Gasteiger partial charge on any atom is -0.355 e. The quantitative estimate of drug-likeness (QED) is 0.796.